The molecule has 3 aromatic heterocycles. The Morgan fingerprint density at radius 3 is 3.00 bits per heavy atom. The smallest absolute Gasteiger partial charge is 0.255 e. The molecule has 0 N–H and O–H groups in total. The first-order valence-corrected chi connectivity index (χ1v) is 11.3. The van der Waals surface area contributed by atoms with Gasteiger partial charge in [0.05, 0.1) is 6.61 Å². The van der Waals surface area contributed by atoms with Crippen molar-refractivity contribution < 1.29 is 4.74 Å². The molecule has 6 heterocycles. The van der Waals surface area contributed by atoms with Gasteiger partial charge >= 0.3 is 0 Å². The Kier molecular flexibility index (Phi) is 4.76. The zero-order valence-electron chi connectivity index (χ0n) is 17.7. The fourth-order valence-corrected chi connectivity index (χ4v) is 5.47. The topological polar surface area (TPSA) is 67.9 Å². The molecule has 2 atom stereocenters. The summed E-state index contributed by atoms with van der Waals surface area (Å²) in [4.78, 5) is 22.4. The average molecular weight is 421 g/mol. The lowest BCUT2D eigenvalue weighted by Crippen LogP contribution is -2.48. The highest BCUT2D eigenvalue weighted by molar-refractivity contribution is 5.47. The van der Waals surface area contributed by atoms with E-state index in [1.54, 1.807) is 6.20 Å². The maximum Gasteiger partial charge on any atom is 0.255 e. The lowest BCUT2D eigenvalue weighted by molar-refractivity contribution is 0.140. The minimum absolute atomic E-state index is 0.198. The summed E-state index contributed by atoms with van der Waals surface area (Å²) in [7, 11) is 0. The van der Waals surface area contributed by atoms with Crippen LogP contribution in [0.3, 0.4) is 0 Å². The molecule has 8 nitrogen and oxygen atoms in total. The molecule has 0 unspecified atom stereocenters. The van der Waals surface area contributed by atoms with Crippen LogP contribution in [-0.4, -0.2) is 63.5 Å². The van der Waals surface area contributed by atoms with Gasteiger partial charge in [-0.15, -0.1) is 5.10 Å². The summed E-state index contributed by atoms with van der Waals surface area (Å²) in [5.41, 5.74) is 3.15. The van der Waals surface area contributed by atoms with Crippen molar-refractivity contribution in [3.63, 3.8) is 0 Å². The van der Waals surface area contributed by atoms with Crippen LogP contribution in [0, 0.1) is 5.92 Å². The molecule has 2 saturated heterocycles. The average Bonchev–Trinajstić information content (AvgIpc) is 3.11. The largest absolute Gasteiger partial charge is 0.380 e. The lowest BCUT2D eigenvalue weighted by atomic mass is 9.83. The molecule has 0 amide bonds. The zero-order chi connectivity index (χ0) is 20.8. The van der Waals surface area contributed by atoms with E-state index in [0.717, 1.165) is 82.4 Å². The molecule has 8 heteroatoms. The summed E-state index contributed by atoms with van der Waals surface area (Å²) < 4.78 is 9.45. The van der Waals surface area contributed by atoms with E-state index in [2.05, 4.69) is 37.5 Å². The van der Waals surface area contributed by atoms with Crippen molar-refractivity contribution in [2.45, 2.75) is 31.8 Å². The molecular formula is C23H28N6O2. The van der Waals surface area contributed by atoms with Gasteiger partial charge in [-0.3, -0.25) is 9.69 Å². The summed E-state index contributed by atoms with van der Waals surface area (Å²) in [6.07, 6.45) is 5.84. The summed E-state index contributed by atoms with van der Waals surface area (Å²) in [5, 5.41) is 4.74. The number of anilines is 1. The van der Waals surface area contributed by atoms with Gasteiger partial charge in [0.15, 0.2) is 5.65 Å². The van der Waals surface area contributed by atoms with Crippen molar-refractivity contribution in [3.8, 4) is 0 Å². The van der Waals surface area contributed by atoms with E-state index in [1.165, 1.54) is 5.69 Å². The van der Waals surface area contributed by atoms with Crippen LogP contribution in [0.2, 0.25) is 0 Å². The van der Waals surface area contributed by atoms with Crippen LogP contribution in [-0.2, 0) is 17.8 Å². The number of hydrogen-bond donors (Lipinski definition) is 0. The maximum atomic E-state index is 13.3. The molecule has 3 aromatic rings. The van der Waals surface area contributed by atoms with Gasteiger partial charge in [0.1, 0.15) is 5.82 Å². The monoisotopic (exact) mass is 420 g/mol. The van der Waals surface area contributed by atoms with E-state index >= 15 is 0 Å². The van der Waals surface area contributed by atoms with Gasteiger partial charge in [0.25, 0.3) is 5.56 Å². The molecule has 0 aliphatic carbocycles. The van der Waals surface area contributed by atoms with E-state index in [0.29, 0.717) is 11.8 Å². The van der Waals surface area contributed by atoms with Gasteiger partial charge in [0.2, 0.25) is 0 Å². The molecule has 31 heavy (non-hydrogen) atoms. The lowest BCUT2D eigenvalue weighted by Gasteiger charge is -2.43. The zero-order valence-corrected chi connectivity index (χ0v) is 17.7. The molecular weight excluding hydrogens is 392 g/mol. The predicted molar refractivity (Wildman–Crippen MR) is 117 cm³/mol. The highest BCUT2D eigenvalue weighted by Gasteiger charge is 2.35. The normalized spacial score (nSPS) is 24.2. The SMILES string of the molecule is O=c1c(CN2CCCOCC2)ccc2n1C[C@H]1C[C@@H]2CN(c2ccc3nccn3n2)C1. The first kappa shape index (κ1) is 19.0. The highest BCUT2D eigenvalue weighted by Crippen LogP contribution is 2.36. The molecule has 162 valence electrons. The molecule has 0 aromatic carbocycles. The molecule has 3 aliphatic heterocycles. The van der Waals surface area contributed by atoms with Crippen molar-refractivity contribution >= 4 is 11.5 Å². The number of fused-ring (bicyclic) bond motifs is 5. The summed E-state index contributed by atoms with van der Waals surface area (Å²) in [6, 6.07) is 8.34. The van der Waals surface area contributed by atoms with Crippen LogP contribution < -0.4 is 10.5 Å². The Morgan fingerprint density at radius 2 is 2.03 bits per heavy atom. The van der Waals surface area contributed by atoms with E-state index in [9.17, 15) is 4.79 Å². The molecule has 3 aliphatic rings. The third-order valence-corrected chi connectivity index (χ3v) is 6.96. The van der Waals surface area contributed by atoms with E-state index < -0.39 is 0 Å². The van der Waals surface area contributed by atoms with Gasteiger partial charge in [-0.05, 0) is 37.0 Å². The first-order chi connectivity index (χ1) is 15.2. The molecule has 0 radical (unpaired) electrons. The van der Waals surface area contributed by atoms with Crippen molar-refractivity contribution in [2.75, 3.05) is 44.3 Å². The van der Waals surface area contributed by atoms with Crippen molar-refractivity contribution in [1.29, 1.82) is 0 Å². The van der Waals surface area contributed by atoms with Gasteiger partial charge in [0, 0.05) is 75.4 Å². The molecule has 0 spiro atoms. The van der Waals surface area contributed by atoms with Crippen molar-refractivity contribution in [3.05, 3.63) is 58.3 Å². The van der Waals surface area contributed by atoms with Gasteiger partial charge in [-0.25, -0.2) is 9.50 Å². The Hall–Kier alpha value is -2.71. The Bertz CT molecular complexity index is 1150. The molecule has 2 fully saturated rings. The van der Waals surface area contributed by atoms with Crippen LogP contribution in [0.4, 0.5) is 5.82 Å². The second kappa shape index (κ2) is 7.76. The minimum Gasteiger partial charge on any atom is -0.380 e. The Balaban J connectivity index is 1.25. The van der Waals surface area contributed by atoms with Crippen LogP contribution in [0.25, 0.3) is 5.65 Å². The number of ether oxygens (including phenoxy) is 1. The van der Waals surface area contributed by atoms with E-state index in [-0.39, 0.29) is 5.56 Å². The van der Waals surface area contributed by atoms with Crippen LogP contribution in [0.15, 0.2) is 41.5 Å². The number of nitrogens with zero attached hydrogens (tertiary/aromatic N) is 6. The van der Waals surface area contributed by atoms with Crippen LogP contribution in [0.1, 0.15) is 30.0 Å². The Morgan fingerprint density at radius 1 is 1.06 bits per heavy atom. The van der Waals surface area contributed by atoms with Gasteiger partial charge in [-0.1, -0.05) is 6.07 Å². The summed E-state index contributed by atoms with van der Waals surface area (Å²) in [6.45, 7) is 6.82. The number of pyridine rings is 1. The molecule has 2 bridgehead atoms. The number of imidazole rings is 1. The number of rotatable bonds is 3. The number of hydrogen-bond acceptors (Lipinski definition) is 6. The third kappa shape index (κ3) is 3.53. The summed E-state index contributed by atoms with van der Waals surface area (Å²) in [5.74, 6) is 1.81. The van der Waals surface area contributed by atoms with Crippen molar-refractivity contribution in [1.82, 2.24) is 24.1 Å². The third-order valence-electron chi connectivity index (χ3n) is 6.96. The van der Waals surface area contributed by atoms with Crippen LogP contribution in [0.5, 0.6) is 0 Å². The van der Waals surface area contributed by atoms with Gasteiger partial charge < -0.3 is 14.2 Å². The fourth-order valence-electron chi connectivity index (χ4n) is 5.47. The highest BCUT2D eigenvalue weighted by atomic mass is 16.5. The maximum absolute atomic E-state index is 13.3. The minimum atomic E-state index is 0.198. The molecule has 0 saturated carbocycles. The van der Waals surface area contributed by atoms with Gasteiger partial charge in [-0.2, -0.15) is 0 Å². The number of aromatic nitrogens is 4. The van der Waals surface area contributed by atoms with Crippen molar-refractivity contribution in [2.24, 2.45) is 5.92 Å². The predicted octanol–water partition coefficient (Wildman–Crippen LogP) is 1.74. The first-order valence-electron chi connectivity index (χ1n) is 11.3. The second-order valence-electron chi connectivity index (χ2n) is 9.07. The Labute approximate surface area is 181 Å². The van der Waals surface area contributed by atoms with E-state index in [4.69, 9.17) is 9.84 Å². The standard InChI is InChI=1S/C23H28N6O2/c30-23-18(15-26-7-1-10-31-11-9-26)2-3-20-19-12-17(14-28(20)23)13-27(16-19)22-5-4-21-24-6-8-29(21)25-22/h2-6,8,17,19H,1,7,9-16H2/t17-,19+/m0/s1. The fraction of sp³-hybridized carbons (Fsp3) is 0.522. The second-order valence-corrected chi connectivity index (χ2v) is 9.07. The summed E-state index contributed by atoms with van der Waals surface area (Å²) >= 11 is 0. The quantitative estimate of drug-likeness (QED) is 0.643. The van der Waals surface area contributed by atoms with Crippen LogP contribution >= 0.6 is 0 Å². The van der Waals surface area contributed by atoms with E-state index in [1.807, 2.05) is 16.8 Å². The molecule has 6 rings (SSSR count). The number of piperidine rings is 1.